The van der Waals surface area contributed by atoms with Gasteiger partial charge in [-0.1, -0.05) is 72.4 Å². The number of rotatable bonds is 9. The van der Waals surface area contributed by atoms with Gasteiger partial charge in [0.2, 0.25) is 5.91 Å². The van der Waals surface area contributed by atoms with Crippen molar-refractivity contribution in [1.82, 2.24) is 14.5 Å². The minimum absolute atomic E-state index is 0.103. The molecule has 0 saturated carbocycles. The van der Waals surface area contributed by atoms with Crippen LogP contribution in [-0.2, 0) is 24.3 Å². The molecule has 0 fully saturated rings. The molecule has 7 heteroatoms. The molecule has 0 unspecified atom stereocenters. The lowest BCUT2D eigenvalue weighted by atomic mass is 10.1. The molecule has 0 bridgehead atoms. The largest absolute Gasteiger partial charge is 0.341 e. The first-order valence-corrected chi connectivity index (χ1v) is 12.1. The van der Waals surface area contributed by atoms with E-state index in [0.717, 1.165) is 12.8 Å². The molecule has 0 spiro atoms. The Hall–Kier alpha value is -3.45. The van der Waals surface area contributed by atoms with Gasteiger partial charge in [0.05, 0.1) is 16.7 Å². The van der Waals surface area contributed by atoms with Crippen LogP contribution in [0.15, 0.2) is 88.8 Å². The molecule has 0 saturated heterocycles. The fourth-order valence-electron chi connectivity index (χ4n) is 3.75. The standard InChI is InChI=1S/C27H26FN3O2S/c1-30(18-21-13-5-7-15-23(21)28)25(32)19-34-27-29-24-16-8-6-14-22(24)26(33)31(27)17-9-12-20-10-3-2-4-11-20/h2-8,10-11,13-16H,9,12,17-19H2,1H3. The summed E-state index contributed by atoms with van der Waals surface area (Å²) >= 11 is 1.24. The monoisotopic (exact) mass is 475 g/mol. The van der Waals surface area contributed by atoms with E-state index >= 15 is 0 Å². The van der Waals surface area contributed by atoms with Crippen molar-refractivity contribution in [3.05, 3.63) is 106 Å². The quantitative estimate of drug-likeness (QED) is 0.255. The molecule has 0 radical (unpaired) electrons. The number of benzene rings is 3. The van der Waals surface area contributed by atoms with Crippen molar-refractivity contribution in [2.24, 2.45) is 0 Å². The Morgan fingerprint density at radius 1 is 1.00 bits per heavy atom. The molecule has 5 nitrogen and oxygen atoms in total. The highest BCUT2D eigenvalue weighted by atomic mass is 32.2. The number of hydrogen-bond donors (Lipinski definition) is 0. The lowest BCUT2D eigenvalue weighted by Gasteiger charge is -2.18. The van der Waals surface area contributed by atoms with Crippen LogP contribution in [0.25, 0.3) is 10.9 Å². The fourth-order valence-corrected chi connectivity index (χ4v) is 4.71. The summed E-state index contributed by atoms with van der Waals surface area (Å²) in [6.07, 6.45) is 1.62. The first-order valence-electron chi connectivity index (χ1n) is 11.2. The maximum atomic E-state index is 14.0. The van der Waals surface area contributed by atoms with Crippen LogP contribution in [0.3, 0.4) is 0 Å². The fraction of sp³-hybridized carbons (Fsp3) is 0.222. The van der Waals surface area contributed by atoms with Crippen LogP contribution in [0.2, 0.25) is 0 Å². The number of nitrogens with zero attached hydrogens (tertiary/aromatic N) is 3. The van der Waals surface area contributed by atoms with Gasteiger partial charge in [-0.15, -0.1) is 0 Å². The highest BCUT2D eigenvalue weighted by Gasteiger charge is 2.16. The van der Waals surface area contributed by atoms with Crippen molar-refractivity contribution < 1.29 is 9.18 Å². The summed E-state index contributed by atoms with van der Waals surface area (Å²) in [7, 11) is 1.65. The number of fused-ring (bicyclic) bond motifs is 1. The van der Waals surface area contributed by atoms with E-state index in [4.69, 9.17) is 0 Å². The zero-order chi connectivity index (χ0) is 23.9. The summed E-state index contributed by atoms with van der Waals surface area (Å²) in [6.45, 7) is 0.689. The third kappa shape index (κ3) is 5.72. The van der Waals surface area contributed by atoms with Crippen molar-refractivity contribution >= 4 is 28.6 Å². The predicted octanol–water partition coefficient (Wildman–Crippen LogP) is 4.92. The lowest BCUT2D eigenvalue weighted by Crippen LogP contribution is -2.29. The van der Waals surface area contributed by atoms with Gasteiger partial charge in [0.25, 0.3) is 5.56 Å². The number of para-hydroxylation sites is 1. The molecule has 0 N–H and O–H groups in total. The van der Waals surface area contributed by atoms with Crippen molar-refractivity contribution in [2.75, 3.05) is 12.8 Å². The van der Waals surface area contributed by atoms with Gasteiger partial charge >= 0.3 is 0 Å². The highest BCUT2D eigenvalue weighted by molar-refractivity contribution is 7.99. The number of aryl methyl sites for hydroxylation is 1. The van der Waals surface area contributed by atoms with Crippen LogP contribution in [-0.4, -0.2) is 33.2 Å². The Morgan fingerprint density at radius 2 is 1.71 bits per heavy atom. The van der Waals surface area contributed by atoms with Crippen LogP contribution < -0.4 is 5.56 Å². The van der Waals surface area contributed by atoms with Crippen LogP contribution in [0.4, 0.5) is 4.39 Å². The smallest absolute Gasteiger partial charge is 0.262 e. The molecule has 0 aliphatic heterocycles. The Labute approximate surface area is 202 Å². The Bertz CT molecular complexity index is 1340. The number of aromatic nitrogens is 2. The molecule has 0 aliphatic carbocycles. The van der Waals surface area contributed by atoms with Crippen molar-refractivity contribution in [2.45, 2.75) is 31.1 Å². The normalized spacial score (nSPS) is 11.0. The second-order valence-electron chi connectivity index (χ2n) is 8.09. The first kappa shape index (κ1) is 23.7. The van der Waals surface area contributed by atoms with Crippen LogP contribution in [0, 0.1) is 5.82 Å². The zero-order valence-electron chi connectivity index (χ0n) is 19.0. The number of hydrogen-bond acceptors (Lipinski definition) is 4. The molecule has 0 aliphatic rings. The van der Waals surface area contributed by atoms with Crippen molar-refractivity contribution in [1.29, 1.82) is 0 Å². The first-order chi connectivity index (χ1) is 16.5. The van der Waals surface area contributed by atoms with E-state index in [1.807, 2.05) is 30.3 Å². The summed E-state index contributed by atoms with van der Waals surface area (Å²) in [4.78, 5) is 32.2. The highest BCUT2D eigenvalue weighted by Crippen LogP contribution is 2.20. The van der Waals surface area contributed by atoms with Gasteiger partial charge in [-0.05, 0) is 36.6 Å². The van der Waals surface area contributed by atoms with Gasteiger partial charge in [-0.2, -0.15) is 0 Å². The van der Waals surface area contributed by atoms with E-state index in [2.05, 4.69) is 17.1 Å². The number of halogens is 1. The summed E-state index contributed by atoms with van der Waals surface area (Å²) in [6, 6.07) is 23.8. The lowest BCUT2D eigenvalue weighted by molar-refractivity contribution is -0.127. The average molecular weight is 476 g/mol. The second-order valence-corrected chi connectivity index (χ2v) is 9.03. The van der Waals surface area contributed by atoms with E-state index in [0.29, 0.717) is 28.2 Å². The SMILES string of the molecule is CN(Cc1ccccc1F)C(=O)CSc1nc2ccccc2c(=O)n1CCCc1ccccc1. The minimum Gasteiger partial charge on any atom is -0.341 e. The summed E-state index contributed by atoms with van der Waals surface area (Å²) < 4.78 is 15.6. The van der Waals surface area contributed by atoms with E-state index < -0.39 is 0 Å². The Kier molecular flexibility index (Phi) is 7.75. The predicted molar refractivity (Wildman–Crippen MR) is 134 cm³/mol. The molecular formula is C27H26FN3O2S. The van der Waals surface area contributed by atoms with Crippen LogP contribution in [0.1, 0.15) is 17.5 Å². The molecular weight excluding hydrogens is 449 g/mol. The van der Waals surface area contributed by atoms with Gasteiger partial charge in [-0.3, -0.25) is 14.2 Å². The van der Waals surface area contributed by atoms with Gasteiger partial charge < -0.3 is 4.90 Å². The molecule has 34 heavy (non-hydrogen) atoms. The zero-order valence-corrected chi connectivity index (χ0v) is 19.8. The van der Waals surface area contributed by atoms with Gasteiger partial charge in [-0.25, -0.2) is 9.37 Å². The van der Waals surface area contributed by atoms with Crippen molar-refractivity contribution in [3.8, 4) is 0 Å². The molecule has 3 aromatic carbocycles. The van der Waals surface area contributed by atoms with Crippen LogP contribution >= 0.6 is 11.8 Å². The average Bonchev–Trinajstić information content (AvgIpc) is 2.86. The minimum atomic E-state index is -0.335. The summed E-state index contributed by atoms with van der Waals surface area (Å²) in [5.41, 5.74) is 2.18. The molecule has 1 amide bonds. The molecule has 4 aromatic rings. The maximum Gasteiger partial charge on any atom is 0.262 e. The topological polar surface area (TPSA) is 55.2 Å². The van der Waals surface area contributed by atoms with E-state index in [1.54, 1.807) is 41.9 Å². The Balaban J connectivity index is 1.49. The number of amides is 1. The summed E-state index contributed by atoms with van der Waals surface area (Å²) in [5, 5.41) is 1.08. The Morgan fingerprint density at radius 3 is 2.50 bits per heavy atom. The van der Waals surface area contributed by atoms with Gasteiger partial charge in [0.1, 0.15) is 5.82 Å². The molecule has 1 heterocycles. The van der Waals surface area contributed by atoms with E-state index in [9.17, 15) is 14.0 Å². The number of thioether (sulfide) groups is 1. The molecule has 0 atom stereocenters. The van der Waals surface area contributed by atoms with E-state index in [1.165, 1.54) is 28.3 Å². The second kappa shape index (κ2) is 11.1. The number of carbonyl (C=O) groups is 1. The van der Waals surface area contributed by atoms with Gasteiger partial charge in [0.15, 0.2) is 5.16 Å². The van der Waals surface area contributed by atoms with Crippen LogP contribution in [0.5, 0.6) is 0 Å². The third-order valence-electron chi connectivity index (χ3n) is 5.63. The van der Waals surface area contributed by atoms with Crippen molar-refractivity contribution in [3.63, 3.8) is 0 Å². The third-order valence-corrected chi connectivity index (χ3v) is 6.59. The van der Waals surface area contributed by atoms with Gasteiger partial charge in [0, 0.05) is 25.7 Å². The summed E-state index contributed by atoms with van der Waals surface area (Å²) in [5.74, 6) is -0.390. The number of carbonyl (C=O) groups excluding carboxylic acids is 1. The molecule has 1 aromatic heterocycles. The molecule has 4 rings (SSSR count). The molecule has 174 valence electrons. The maximum absolute atomic E-state index is 14.0. The van der Waals surface area contributed by atoms with E-state index in [-0.39, 0.29) is 29.6 Å².